The first kappa shape index (κ1) is 19.6. The molecular weight excluding hydrogens is 343 g/mol. The zero-order chi connectivity index (χ0) is 16.1. The largest absolute Gasteiger partial charge is 0.339 e. The maximum Gasteiger partial charge on any atom is 0.288 e. The van der Waals surface area contributed by atoms with Gasteiger partial charge in [0.25, 0.3) is 5.69 Å². The van der Waals surface area contributed by atoms with Gasteiger partial charge in [-0.05, 0) is 18.7 Å². The number of nitrogens with zero attached hydrogens (tertiary/aromatic N) is 3. The second-order valence-electron chi connectivity index (χ2n) is 5.35. The maximum absolute atomic E-state index is 12.2. The Balaban J connectivity index is 0.00000264. The Morgan fingerprint density at radius 1 is 1.43 bits per heavy atom. The highest BCUT2D eigenvalue weighted by molar-refractivity contribution is 6.32. The lowest BCUT2D eigenvalue weighted by Gasteiger charge is -2.29. The molecule has 7 nitrogen and oxygen atoms in total. The smallest absolute Gasteiger partial charge is 0.288 e. The molecule has 0 bridgehead atoms. The molecule has 0 spiro atoms. The van der Waals surface area contributed by atoms with E-state index in [4.69, 9.17) is 11.6 Å². The molecular formula is C14H20Cl2N4O3. The average molecular weight is 363 g/mol. The Kier molecular flexibility index (Phi) is 7.70. The Morgan fingerprint density at radius 2 is 2.09 bits per heavy atom. The second kappa shape index (κ2) is 9.02. The highest BCUT2D eigenvalue weighted by atomic mass is 35.5. The molecule has 1 N–H and O–H groups in total. The van der Waals surface area contributed by atoms with Gasteiger partial charge in [-0.1, -0.05) is 17.7 Å². The number of carbonyl (C=O) groups is 1. The van der Waals surface area contributed by atoms with Crippen molar-refractivity contribution in [2.75, 3.05) is 39.8 Å². The van der Waals surface area contributed by atoms with Crippen molar-refractivity contribution in [2.24, 2.45) is 0 Å². The molecule has 1 aliphatic heterocycles. The summed E-state index contributed by atoms with van der Waals surface area (Å²) in [5.41, 5.74) is 0.646. The van der Waals surface area contributed by atoms with Crippen LogP contribution in [0.25, 0.3) is 0 Å². The molecule has 0 radical (unpaired) electrons. The fourth-order valence-electron chi connectivity index (χ4n) is 2.41. The number of nitro groups is 1. The van der Waals surface area contributed by atoms with Crippen molar-refractivity contribution >= 4 is 35.6 Å². The van der Waals surface area contributed by atoms with Crippen LogP contribution in [0.1, 0.15) is 5.56 Å². The van der Waals surface area contributed by atoms with E-state index in [1.165, 1.54) is 12.1 Å². The summed E-state index contributed by atoms with van der Waals surface area (Å²) >= 11 is 5.79. The van der Waals surface area contributed by atoms with Gasteiger partial charge in [-0.2, -0.15) is 0 Å². The molecule has 0 unspecified atom stereocenters. The summed E-state index contributed by atoms with van der Waals surface area (Å²) in [5.74, 6) is 0.0764. The predicted molar refractivity (Wildman–Crippen MR) is 91.1 cm³/mol. The highest BCUT2D eigenvalue weighted by Gasteiger charge is 2.18. The SMILES string of the molecule is CN(CC(=O)N1CCNCC1)Cc1ccc(Cl)c([N+](=O)[O-])c1.Cl. The van der Waals surface area contributed by atoms with Crippen molar-refractivity contribution < 1.29 is 9.72 Å². The number of nitrogens with one attached hydrogen (secondary N) is 1. The molecule has 2 rings (SSSR count). The number of benzene rings is 1. The first-order valence-electron chi connectivity index (χ1n) is 7.07. The minimum Gasteiger partial charge on any atom is -0.339 e. The third-order valence-corrected chi connectivity index (χ3v) is 3.85. The molecule has 1 aromatic carbocycles. The molecule has 0 saturated carbocycles. The summed E-state index contributed by atoms with van der Waals surface area (Å²) < 4.78 is 0. The van der Waals surface area contributed by atoms with E-state index in [0.717, 1.165) is 31.7 Å². The van der Waals surface area contributed by atoms with Crippen LogP contribution in [0.4, 0.5) is 5.69 Å². The van der Waals surface area contributed by atoms with Crippen molar-refractivity contribution in [1.29, 1.82) is 0 Å². The number of likely N-dealkylation sites (N-methyl/N-ethyl adjacent to an activating group) is 1. The first-order valence-corrected chi connectivity index (χ1v) is 7.45. The lowest BCUT2D eigenvalue weighted by atomic mass is 10.2. The monoisotopic (exact) mass is 362 g/mol. The number of carbonyl (C=O) groups excluding carboxylic acids is 1. The minimum absolute atomic E-state index is 0. The first-order chi connectivity index (χ1) is 10.5. The van der Waals surface area contributed by atoms with Gasteiger partial charge in [0.1, 0.15) is 5.02 Å². The second-order valence-corrected chi connectivity index (χ2v) is 5.75. The van der Waals surface area contributed by atoms with Gasteiger partial charge in [0.2, 0.25) is 5.91 Å². The number of amides is 1. The molecule has 128 valence electrons. The fourth-order valence-corrected chi connectivity index (χ4v) is 2.60. The van der Waals surface area contributed by atoms with E-state index >= 15 is 0 Å². The number of rotatable bonds is 5. The summed E-state index contributed by atoms with van der Waals surface area (Å²) in [6.45, 7) is 3.82. The molecule has 0 atom stereocenters. The lowest BCUT2D eigenvalue weighted by molar-refractivity contribution is -0.384. The summed E-state index contributed by atoms with van der Waals surface area (Å²) in [7, 11) is 1.82. The number of nitro benzene ring substituents is 1. The van der Waals surface area contributed by atoms with Crippen LogP contribution in [0.15, 0.2) is 18.2 Å². The molecule has 9 heteroatoms. The van der Waals surface area contributed by atoms with Crippen LogP contribution >= 0.6 is 24.0 Å². The fraction of sp³-hybridized carbons (Fsp3) is 0.500. The van der Waals surface area contributed by atoms with E-state index in [2.05, 4.69) is 5.32 Å². The van der Waals surface area contributed by atoms with Crippen molar-refractivity contribution in [2.45, 2.75) is 6.54 Å². The summed E-state index contributed by atoms with van der Waals surface area (Å²) in [4.78, 5) is 26.2. The van der Waals surface area contributed by atoms with E-state index in [1.807, 2.05) is 16.8 Å². The van der Waals surface area contributed by atoms with Crippen LogP contribution in [0.5, 0.6) is 0 Å². The minimum atomic E-state index is -0.502. The third kappa shape index (κ3) is 5.62. The van der Waals surface area contributed by atoms with Gasteiger partial charge in [0.15, 0.2) is 0 Å². The summed E-state index contributed by atoms with van der Waals surface area (Å²) in [6, 6.07) is 4.70. The van der Waals surface area contributed by atoms with Crippen molar-refractivity contribution in [3.8, 4) is 0 Å². The maximum atomic E-state index is 12.2. The van der Waals surface area contributed by atoms with Crippen LogP contribution in [-0.2, 0) is 11.3 Å². The Hall–Kier alpha value is -1.41. The standard InChI is InChI=1S/C14H19ClN4O3.ClH/c1-17(10-14(20)18-6-4-16-5-7-18)9-11-2-3-12(15)13(8-11)19(21)22;/h2-3,8,16H,4-7,9-10H2,1H3;1H. The van der Waals surface area contributed by atoms with E-state index < -0.39 is 4.92 Å². The van der Waals surface area contributed by atoms with E-state index in [1.54, 1.807) is 6.07 Å². The number of piperazine rings is 1. The summed E-state index contributed by atoms with van der Waals surface area (Å²) in [6.07, 6.45) is 0. The number of hydrogen-bond acceptors (Lipinski definition) is 5. The van der Waals surface area contributed by atoms with Gasteiger partial charge in [-0.15, -0.1) is 12.4 Å². The van der Waals surface area contributed by atoms with Gasteiger partial charge in [-0.25, -0.2) is 0 Å². The highest BCUT2D eigenvalue weighted by Crippen LogP contribution is 2.25. The number of hydrogen-bond donors (Lipinski definition) is 1. The van der Waals surface area contributed by atoms with E-state index in [9.17, 15) is 14.9 Å². The van der Waals surface area contributed by atoms with Crippen LogP contribution in [-0.4, -0.2) is 60.4 Å². The van der Waals surface area contributed by atoms with Gasteiger partial charge in [0.05, 0.1) is 11.5 Å². The Labute approximate surface area is 146 Å². The van der Waals surface area contributed by atoms with Gasteiger partial charge in [0, 0.05) is 38.8 Å². The Bertz CT molecular complexity index is 565. The van der Waals surface area contributed by atoms with Crippen molar-refractivity contribution in [1.82, 2.24) is 15.1 Å². The molecule has 0 aliphatic carbocycles. The lowest BCUT2D eigenvalue weighted by Crippen LogP contribution is -2.49. The van der Waals surface area contributed by atoms with Gasteiger partial charge >= 0.3 is 0 Å². The quantitative estimate of drug-likeness (QED) is 0.634. The number of halogens is 2. The zero-order valence-corrected chi connectivity index (χ0v) is 14.4. The van der Waals surface area contributed by atoms with Crippen molar-refractivity contribution in [3.63, 3.8) is 0 Å². The molecule has 1 aromatic rings. The van der Waals surface area contributed by atoms with Crippen LogP contribution in [0.2, 0.25) is 5.02 Å². The van der Waals surface area contributed by atoms with Crippen LogP contribution < -0.4 is 5.32 Å². The van der Waals surface area contributed by atoms with Gasteiger partial charge < -0.3 is 10.2 Å². The normalized spacial score (nSPS) is 14.5. The average Bonchev–Trinajstić information content (AvgIpc) is 2.49. The molecule has 1 aliphatic rings. The molecule has 1 saturated heterocycles. The third-order valence-electron chi connectivity index (χ3n) is 3.53. The van der Waals surface area contributed by atoms with Gasteiger partial charge in [-0.3, -0.25) is 19.8 Å². The Morgan fingerprint density at radius 3 is 2.70 bits per heavy atom. The van der Waals surface area contributed by atoms with E-state index in [0.29, 0.717) is 6.54 Å². The van der Waals surface area contributed by atoms with Crippen molar-refractivity contribution in [3.05, 3.63) is 38.9 Å². The molecule has 1 heterocycles. The molecule has 1 amide bonds. The topological polar surface area (TPSA) is 78.7 Å². The predicted octanol–water partition coefficient (Wildman–Crippen LogP) is 1.53. The summed E-state index contributed by atoms with van der Waals surface area (Å²) in [5, 5.41) is 14.2. The van der Waals surface area contributed by atoms with Crippen LogP contribution in [0.3, 0.4) is 0 Å². The molecule has 0 aromatic heterocycles. The van der Waals surface area contributed by atoms with Crippen LogP contribution in [0, 0.1) is 10.1 Å². The molecule has 1 fully saturated rings. The molecule has 23 heavy (non-hydrogen) atoms. The zero-order valence-electron chi connectivity index (χ0n) is 12.8. The van der Waals surface area contributed by atoms with E-state index in [-0.39, 0.29) is 35.6 Å².